The van der Waals surface area contributed by atoms with Crippen molar-refractivity contribution < 1.29 is 19.4 Å². The molecule has 0 bridgehead atoms. The molecule has 2 aromatic carbocycles. The summed E-state index contributed by atoms with van der Waals surface area (Å²) in [5.74, 6) is 0.941. The number of carbonyl (C=O) groups is 1. The number of hydrogen-bond acceptors (Lipinski definition) is 5. The Morgan fingerprint density at radius 3 is 2.50 bits per heavy atom. The minimum absolute atomic E-state index is 0.146. The number of benzene rings is 2. The monoisotopic (exact) mass is 399 g/mol. The van der Waals surface area contributed by atoms with Crippen LogP contribution in [0.5, 0.6) is 17.2 Å². The van der Waals surface area contributed by atoms with Crippen molar-refractivity contribution in [2.45, 2.75) is 13.0 Å². The predicted octanol–water partition coefficient (Wildman–Crippen LogP) is 2.84. The van der Waals surface area contributed by atoms with Crippen LogP contribution < -0.4 is 25.4 Å². The topological polar surface area (TPSA) is 91.9 Å². The molecule has 4 N–H and O–H groups in total. The summed E-state index contributed by atoms with van der Waals surface area (Å²) in [6, 6.07) is 11.3. The molecule has 3 rings (SSSR count). The average molecular weight is 399 g/mol. The summed E-state index contributed by atoms with van der Waals surface area (Å²) < 4.78 is 10.6. The Morgan fingerprint density at radius 2 is 1.86 bits per heavy atom. The van der Waals surface area contributed by atoms with Gasteiger partial charge in [0.05, 0.1) is 31.5 Å². The first-order chi connectivity index (χ1) is 13.4. The maximum atomic E-state index is 13.2. The van der Waals surface area contributed by atoms with E-state index in [9.17, 15) is 9.90 Å². The van der Waals surface area contributed by atoms with E-state index < -0.39 is 6.04 Å². The normalized spacial score (nSPS) is 16.1. The number of carbonyl (C=O) groups excluding carboxylic acids is 1. The van der Waals surface area contributed by atoms with E-state index in [2.05, 4.69) is 16.0 Å². The van der Waals surface area contributed by atoms with Gasteiger partial charge in [0, 0.05) is 11.8 Å². The van der Waals surface area contributed by atoms with Crippen LogP contribution in [0.2, 0.25) is 0 Å². The number of aromatic hydroxyl groups is 1. The highest BCUT2D eigenvalue weighted by Gasteiger charge is 2.30. The average Bonchev–Trinajstić information content (AvgIpc) is 2.67. The molecular formula is C20H21N3O4S. The van der Waals surface area contributed by atoms with Gasteiger partial charge in [-0.25, -0.2) is 0 Å². The second kappa shape index (κ2) is 8.18. The molecule has 0 fully saturated rings. The molecule has 0 aliphatic carbocycles. The van der Waals surface area contributed by atoms with Crippen molar-refractivity contribution in [3.8, 4) is 17.2 Å². The van der Waals surface area contributed by atoms with Crippen molar-refractivity contribution in [1.82, 2.24) is 10.6 Å². The Morgan fingerprint density at radius 1 is 1.14 bits per heavy atom. The van der Waals surface area contributed by atoms with Gasteiger partial charge in [0.25, 0.3) is 5.91 Å². The molecule has 1 heterocycles. The fraction of sp³-hybridized carbons (Fsp3) is 0.200. The molecule has 0 saturated carbocycles. The van der Waals surface area contributed by atoms with Gasteiger partial charge in [-0.15, -0.1) is 0 Å². The molecule has 28 heavy (non-hydrogen) atoms. The number of phenols is 1. The predicted molar refractivity (Wildman–Crippen MR) is 111 cm³/mol. The zero-order chi connectivity index (χ0) is 20.3. The smallest absolute Gasteiger partial charge is 0.255 e. The van der Waals surface area contributed by atoms with Crippen LogP contribution in [0, 0.1) is 0 Å². The molecule has 0 saturated heterocycles. The zero-order valence-electron chi connectivity index (χ0n) is 15.7. The van der Waals surface area contributed by atoms with Gasteiger partial charge in [0.15, 0.2) is 5.11 Å². The molecule has 0 radical (unpaired) electrons. The first-order valence-corrected chi connectivity index (χ1v) is 8.94. The third-order valence-corrected chi connectivity index (χ3v) is 4.61. The number of rotatable bonds is 5. The van der Waals surface area contributed by atoms with Crippen molar-refractivity contribution in [2.24, 2.45) is 0 Å². The number of allylic oxidation sites excluding steroid dienone is 1. The maximum absolute atomic E-state index is 13.2. The second-order valence-corrected chi connectivity index (χ2v) is 6.59. The van der Waals surface area contributed by atoms with Crippen molar-refractivity contribution in [3.63, 3.8) is 0 Å². The van der Waals surface area contributed by atoms with E-state index in [1.807, 2.05) is 0 Å². The molecule has 7 nitrogen and oxygen atoms in total. The Hall–Kier alpha value is -3.26. The van der Waals surface area contributed by atoms with Crippen LogP contribution >= 0.6 is 12.2 Å². The lowest BCUT2D eigenvalue weighted by atomic mass is 9.95. The molecular weight excluding hydrogens is 378 g/mol. The number of methoxy groups -OCH3 is 2. The lowest BCUT2D eigenvalue weighted by Gasteiger charge is -2.30. The van der Waals surface area contributed by atoms with E-state index in [1.165, 1.54) is 7.11 Å². The van der Waals surface area contributed by atoms with Crippen molar-refractivity contribution >= 4 is 28.9 Å². The van der Waals surface area contributed by atoms with Crippen molar-refractivity contribution in [1.29, 1.82) is 0 Å². The van der Waals surface area contributed by atoms with E-state index >= 15 is 0 Å². The fourth-order valence-corrected chi connectivity index (χ4v) is 3.28. The number of anilines is 1. The second-order valence-electron chi connectivity index (χ2n) is 6.18. The highest BCUT2D eigenvalue weighted by atomic mass is 32.1. The molecule has 2 aromatic rings. The van der Waals surface area contributed by atoms with Gasteiger partial charge in [0.2, 0.25) is 0 Å². The zero-order valence-corrected chi connectivity index (χ0v) is 16.5. The number of amides is 1. The summed E-state index contributed by atoms with van der Waals surface area (Å²) >= 11 is 5.25. The highest BCUT2D eigenvalue weighted by molar-refractivity contribution is 7.80. The van der Waals surface area contributed by atoms with E-state index in [0.29, 0.717) is 33.6 Å². The summed E-state index contributed by atoms with van der Waals surface area (Å²) in [6.07, 6.45) is 0. The van der Waals surface area contributed by atoms with E-state index in [1.54, 1.807) is 56.5 Å². The van der Waals surface area contributed by atoms with E-state index in [0.717, 1.165) is 5.56 Å². The third kappa shape index (κ3) is 4.01. The Balaban J connectivity index is 1.97. The van der Waals surface area contributed by atoms with Gasteiger partial charge in [-0.3, -0.25) is 4.79 Å². The highest BCUT2D eigenvalue weighted by Crippen LogP contribution is 2.32. The first-order valence-electron chi connectivity index (χ1n) is 8.53. The molecule has 1 atom stereocenters. The number of ether oxygens (including phenoxy) is 2. The summed E-state index contributed by atoms with van der Waals surface area (Å²) in [4.78, 5) is 13.2. The SMILES string of the molecule is COc1ccc(OC)c(NC(=O)C2=C(C)NC(=S)N[C@@H]2c2ccc(O)cc2)c1. The first kappa shape index (κ1) is 19.5. The lowest BCUT2D eigenvalue weighted by molar-refractivity contribution is -0.113. The quantitative estimate of drug-likeness (QED) is 0.575. The largest absolute Gasteiger partial charge is 0.508 e. The van der Waals surface area contributed by atoms with Crippen LogP contribution in [-0.4, -0.2) is 30.3 Å². The molecule has 146 valence electrons. The van der Waals surface area contributed by atoms with Crippen molar-refractivity contribution in [3.05, 3.63) is 59.3 Å². The van der Waals surface area contributed by atoms with E-state index in [4.69, 9.17) is 21.7 Å². The number of hydrogen-bond donors (Lipinski definition) is 4. The van der Waals surface area contributed by atoms with Gasteiger partial charge in [-0.1, -0.05) is 12.1 Å². The van der Waals surface area contributed by atoms with Crippen LogP contribution in [-0.2, 0) is 4.79 Å². The van der Waals surface area contributed by atoms with Crippen LogP contribution in [0.1, 0.15) is 18.5 Å². The van der Waals surface area contributed by atoms with Gasteiger partial charge in [0.1, 0.15) is 17.2 Å². The summed E-state index contributed by atoms with van der Waals surface area (Å²) in [7, 11) is 3.08. The summed E-state index contributed by atoms with van der Waals surface area (Å²) in [6.45, 7) is 1.79. The lowest BCUT2D eigenvalue weighted by Crippen LogP contribution is -2.45. The molecule has 1 aliphatic rings. The minimum atomic E-state index is -0.467. The van der Waals surface area contributed by atoms with Gasteiger partial charge >= 0.3 is 0 Å². The third-order valence-electron chi connectivity index (χ3n) is 4.40. The van der Waals surface area contributed by atoms with E-state index in [-0.39, 0.29) is 11.7 Å². The minimum Gasteiger partial charge on any atom is -0.508 e. The molecule has 8 heteroatoms. The molecule has 1 aliphatic heterocycles. The maximum Gasteiger partial charge on any atom is 0.255 e. The number of phenolic OH excluding ortho intramolecular Hbond substituents is 1. The van der Waals surface area contributed by atoms with Crippen LogP contribution in [0.4, 0.5) is 5.69 Å². The van der Waals surface area contributed by atoms with Crippen molar-refractivity contribution in [2.75, 3.05) is 19.5 Å². The Bertz CT molecular complexity index is 941. The number of thiocarbonyl (C=S) groups is 1. The molecule has 0 spiro atoms. The summed E-state index contributed by atoms with van der Waals surface area (Å²) in [5.41, 5.74) is 2.40. The van der Waals surface area contributed by atoms with Crippen LogP contribution in [0.25, 0.3) is 0 Å². The standard InChI is InChI=1S/C20H21N3O4S/c1-11-17(18(23-20(28)21-11)12-4-6-13(24)7-5-12)19(25)22-15-10-14(26-2)8-9-16(15)27-3/h4-10,18,24H,1-3H3,(H,22,25)(H2,21,23,28)/t18-/m1/s1. The fourth-order valence-electron chi connectivity index (χ4n) is 3.01. The summed E-state index contributed by atoms with van der Waals surface area (Å²) in [5, 5.41) is 19.0. The number of nitrogens with one attached hydrogen (secondary N) is 3. The van der Waals surface area contributed by atoms with Gasteiger partial charge in [-0.05, 0) is 49.0 Å². The van der Waals surface area contributed by atoms with Gasteiger partial charge in [-0.2, -0.15) is 0 Å². The Labute approximate surface area is 168 Å². The van der Waals surface area contributed by atoms with Crippen LogP contribution in [0.3, 0.4) is 0 Å². The molecule has 0 unspecified atom stereocenters. The molecule has 1 amide bonds. The Kier molecular flexibility index (Phi) is 5.70. The van der Waals surface area contributed by atoms with Crippen LogP contribution in [0.15, 0.2) is 53.7 Å². The molecule has 0 aromatic heterocycles. The van der Waals surface area contributed by atoms with Gasteiger partial charge < -0.3 is 30.5 Å².